The SMILES string of the molecule is CCCOc1ccc(C(=O)NNC(=O)CNC(=O)c2ccc(OCC)cc2)cc1OC. The van der Waals surface area contributed by atoms with E-state index in [1.54, 1.807) is 36.4 Å². The van der Waals surface area contributed by atoms with Crippen LogP contribution in [-0.2, 0) is 4.79 Å². The number of methoxy groups -OCH3 is 1. The fourth-order valence-corrected chi connectivity index (χ4v) is 2.51. The van der Waals surface area contributed by atoms with Gasteiger partial charge >= 0.3 is 0 Å². The summed E-state index contributed by atoms with van der Waals surface area (Å²) in [5, 5.41) is 2.48. The van der Waals surface area contributed by atoms with Crippen LogP contribution in [0.2, 0.25) is 0 Å². The summed E-state index contributed by atoms with van der Waals surface area (Å²) in [7, 11) is 1.48. The highest BCUT2D eigenvalue weighted by molar-refractivity contribution is 5.98. The van der Waals surface area contributed by atoms with E-state index >= 15 is 0 Å². The van der Waals surface area contributed by atoms with E-state index in [2.05, 4.69) is 16.2 Å². The smallest absolute Gasteiger partial charge is 0.269 e. The van der Waals surface area contributed by atoms with E-state index in [-0.39, 0.29) is 12.1 Å². The molecule has 0 aliphatic rings. The van der Waals surface area contributed by atoms with Gasteiger partial charge in [-0.15, -0.1) is 0 Å². The summed E-state index contributed by atoms with van der Waals surface area (Å²) in [5.41, 5.74) is 5.21. The third-order valence-electron chi connectivity index (χ3n) is 4.04. The molecule has 0 spiro atoms. The Labute approximate surface area is 181 Å². The first-order valence-electron chi connectivity index (χ1n) is 9.89. The minimum atomic E-state index is -0.581. The third-order valence-corrected chi connectivity index (χ3v) is 4.04. The lowest BCUT2D eigenvalue weighted by Crippen LogP contribution is -2.46. The van der Waals surface area contributed by atoms with Gasteiger partial charge in [-0.3, -0.25) is 25.2 Å². The molecule has 9 heteroatoms. The summed E-state index contributed by atoms with van der Waals surface area (Å²) in [4.78, 5) is 36.3. The van der Waals surface area contributed by atoms with Gasteiger partial charge in [0.2, 0.25) is 0 Å². The maximum absolute atomic E-state index is 12.3. The summed E-state index contributed by atoms with van der Waals surface area (Å²) in [6.45, 7) is 4.60. The Kier molecular flexibility index (Phi) is 9.15. The number of benzene rings is 2. The van der Waals surface area contributed by atoms with Crippen LogP contribution in [-0.4, -0.2) is 44.6 Å². The molecule has 2 aromatic carbocycles. The maximum Gasteiger partial charge on any atom is 0.269 e. The van der Waals surface area contributed by atoms with Crippen molar-refractivity contribution in [3.05, 3.63) is 53.6 Å². The van der Waals surface area contributed by atoms with E-state index in [4.69, 9.17) is 14.2 Å². The first-order chi connectivity index (χ1) is 15.0. The van der Waals surface area contributed by atoms with Crippen LogP contribution < -0.4 is 30.4 Å². The topological polar surface area (TPSA) is 115 Å². The molecular formula is C22H27N3O6. The quantitative estimate of drug-likeness (QED) is 0.498. The summed E-state index contributed by atoms with van der Waals surface area (Å²) in [6, 6.07) is 11.2. The lowest BCUT2D eigenvalue weighted by Gasteiger charge is -2.12. The third kappa shape index (κ3) is 7.22. The van der Waals surface area contributed by atoms with Crippen molar-refractivity contribution in [2.75, 3.05) is 26.9 Å². The van der Waals surface area contributed by atoms with Crippen LogP contribution in [0.3, 0.4) is 0 Å². The summed E-state index contributed by atoms with van der Waals surface area (Å²) in [5.74, 6) is 0.0593. The van der Waals surface area contributed by atoms with E-state index in [1.165, 1.54) is 13.2 Å². The number of carbonyl (C=O) groups is 3. The zero-order valence-electron chi connectivity index (χ0n) is 17.8. The molecule has 0 saturated heterocycles. The molecule has 0 unspecified atom stereocenters. The normalized spacial score (nSPS) is 10.0. The van der Waals surface area contributed by atoms with Crippen molar-refractivity contribution in [2.24, 2.45) is 0 Å². The van der Waals surface area contributed by atoms with Gasteiger partial charge < -0.3 is 19.5 Å². The number of rotatable bonds is 10. The number of carbonyl (C=O) groups excluding carboxylic acids is 3. The lowest BCUT2D eigenvalue weighted by molar-refractivity contribution is -0.120. The van der Waals surface area contributed by atoms with Gasteiger partial charge in [0, 0.05) is 11.1 Å². The summed E-state index contributed by atoms with van der Waals surface area (Å²) in [6.07, 6.45) is 0.840. The molecule has 2 rings (SSSR count). The average molecular weight is 429 g/mol. The van der Waals surface area contributed by atoms with Crippen LogP contribution >= 0.6 is 0 Å². The second kappa shape index (κ2) is 12.1. The van der Waals surface area contributed by atoms with E-state index in [1.807, 2.05) is 13.8 Å². The molecule has 0 atom stereocenters. The zero-order valence-corrected chi connectivity index (χ0v) is 17.8. The van der Waals surface area contributed by atoms with Gasteiger partial charge in [0.25, 0.3) is 17.7 Å². The van der Waals surface area contributed by atoms with Gasteiger partial charge in [0.05, 0.1) is 26.9 Å². The van der Waals surface area contributed by atoms with E-state index < -0.39 is 17.7 Å². The highest BCUT2D eigenvalue weighted by Gasteiger charge is 2.13. The molecule has 0 bridgehead atoms. The Balaban J connectivity index is 1.82. The number of amides is 3. The van der Waals surface area contributed by atoms with Crippen molar-refractivity contribution in [1.82, 2.24) is 16.2 Å². The molecular weight excluding hydrogens is 402 g/mol. The molecule has 3 N–H and O–H groups in total. The Hall–Kier alpha value is -3.75. The van der Waals surface area contributed by atoms with Crippen LogP contribution in [0.1, 0.15) is 41.0 Å². The van der Waals surface area contributed by atoms with Crippen LogP contribution in [0.15, 0.2) is 42.5 Å². The largest absolute Gasteiger partial charge is 0.494 e. The Morgan fingerprint density at radius 3 is 2.19 bits per heavy atom. The van der Waals surface area contributed by atoms with E-state index in [0.717, 1.165) is 6.42 Å². The molecule has 0 aromatic heterocycles. The predicted molar refractivity (Wildman–Crippen MR) is 114 cm³/mol. The molecule has 2 aromatic rings. The minimum absolute atomic E-state index is 0.277. The highest BCUT2D eigenvalue weighted by Crippen LogP contribution is 2.28. The van der Waals surface area contributed by atoms with Crippen LogP contribution in [0.5, 0.6) is 17.2 Å². The molecule has 0 saturated carbocycles. The average Bonchev–Trinajstić information content (AvgIpc) is 2.80. The maximum atomic E-state index is 12.3. The van der Waals surface area contributed by atoms with Crippen LogP contribution in [0.25, 0.3) is 0 Å². The molecule has 166 valence electrons. The Morgan fingerprint density at radius 1 is 0.839 bits per heavy atom. The summed E-state index contributed by atoms with van der Waals surface area (Å²) >= 11 is 0. The van der Waals surface area contributed by atoms with Crippen molar-refractivity contribution in [3.8, 4) is 17.2 Å². The zero-order chi connectivity index (χ0) is 22.6. The molecule has 0 radical (unpaired) electrons. The highest BCUT2D eigenvalue weighted by atomic mass is 16.5. The van der Waals surface area contributed by atoms with Gasteiger partial charge in [-0.2, -0.15) is 0 Å². The van der Waals surface area contributed by atoms with Crippen LogP contribution in [0.4, 0.5) is 0 Å². The number of nitrogens with one attached hydrogen (secondary N) is 3. The molecule has 0 aliphatic heterocycles. The van der Waals surface area contributed by atoms with Gasteiger partial charge in [-0.25, -0.2) is 0 Å². The molecule has 0 aliphatic carbocycles. The fraction of sp³-hybridized carbons (Fsp3) is 0.318. The van der Waals surface area contributed by atoms with Gasteiger partial charge in [-0.05, 0) is 55.8 Å². The molecule has 31 heavy (non-hydrogen) atoms. The monoisotopic (exact) mass is 429 g/mol. The Morgan fingerprint density at radius 2 is 1.55 bits per heavy atom. The van der Waals surface area contributed by atoms with Crippen molar-refractivity contribution in [3.63, 3.8) is 0 Å². The number of hydrogen-bond acceptors (Lipinski definition) is 6. The van der Waals surface area contributed by atoms with Gasteiger partial charge in [0.15, 0.2) is 11.5 Å². The first-order valence-corrected chi connectivity index (χ1v) is 9.89. The molecule has 3 amide bonds. The minimum Gasteiger partial charge on any atom is -0.494 e. The Bertz CT molecular complexity index is 899. The van der Waals surface area contributed by atoms with Crippen molar-refractivity contribution in [1.29, 1.82) is 0 Å². The number of hydrogen-bond donors (Lipinski definition) is 3. The van der Waals surface area contributed by atoms with Gasteiger partial charge in [-0.1, -0.05) is 6.92 Å². The van der Waals surface area contributed by atoms with Crippen molar-refractivity contribution < 1.29 is 28.6 Å². The summed E-state index contributed by atoms with van der Waals surface area (Å²) < 4.78 is 16.1. The number of hydrazine groups is 1. The van der Waals surface area contributed by atoms with E-state index in [0.29, 0.717) is 36.0 Å². The lowest BCUT2D eigenvalue weighted by atomic mass is 10.2. The van der Waals surface area contributed by atoms with Crippen LogP contribution in [0, 0.1) is 0 Å². The molecule has 0 heterocycles. The molecule has 0 fully saturated rings. The van der Waals surface area contributed by atoms with E-state index in [9.17, 15) is 14.4 Å². The number of ether oxygens (including phenoxy) is 3. The second-order valence-corrected chi connectivity index (χ2v) is 6.36. The van der Waals surface area contributed by atoms with Gasteiger partial charge in [0.1, 0.15) is 5.75 Å². The second-order valence-electron chi connectivity index (χ2n) is 6.36. The fourth-order valence-electron chi connectivity index (χ4n) is 2.51. The standard InChI is InChI=1S/C22H27N3O6/c1-4-12-31-18-11-8-16(13-19(18)29-3)22(28)25-24-20(26)14-23-21(27)15-6-9-17(10-7-15)30-5-2/h6-11,13H,4-5,12,14H2,1-3H3,(H,23,27)(H,24,26)(H,25,28). The first kappa shape index (κ1) is 23.5. The predicted octanol–water partition coefficient (Wildman–Crippen LogP) is 2.07. The molecule has 9 nitrogen and oxygen atoms in total. The van der Waals surface area contributed by atoms with Crippen molar-refractivity contribution >= 4 is 17.7 Å². The van der Waals surface area contributed by atoms with Crippen molar-refractivity contribution in [2.45, 2.75) is 20.3 Å².